The minimum atomic E-state index is -0.0643. The highest BCUT2D eigenvalue weighted by atomic mass is 16.5. The standard InChI is InChI=1S/C17H28N2O2/c1-6-11-19(12-13-21-5)16(20)18-15-10-8-7-9-14(15)17(2,3)4/h7-10H,6,11-13H2,1-5H3,(H,18,20). The van der Waals surface area contributed by atoms with Crippen LogP contribution >= 0.6 is 0 Å². The Balaban J connectivity index is 2.86. The van der Waals surface area contributed by atoms with Gasteiger partial charge in [-0.15, -0.1) is 0 Å². The monoisotopic (exact) mass is 292 g/mol. The lowest BCUT2D eigenvalue weighted by molar-refractivity contribution is 0.155. The number of ether oxygens (including phenoxy) is 1. The second-order valence-electron chi connectivity index (χ2n) is 6.21. The molecule has 4 nitrogen and oxygen atoms in total. The summed E-state index contributed by atoms with van der Waals surface area (Å²) in [4.78, 5) is 14.2. The van der Waals surface area contributed by atoms with E-state index in [-0.39, 0.29) is 11.4 Å². The maximum absolute atomic E-state index is 12.4. The number of urea groups is 1. The van der Waals surface area contributed by atoms with Crippen LogP contribution in [-0.4, -0.2) is 37.7 Å². The Kier molecular flexibility index (Phi) is 6.69. The molecule has 1 aromatic rings. The van der Waals surface area contributed by atoms with Gasteiger partial charge in [-0.25, -0.2) is 4.79 Å². The molecule has 0 saturated carbocycles. The van der Waals surface area contributed by atoms with Crippen molar-refractivity contribution in [2.24, 2.45) is 0 Å². The van der Waals surface area contributed by atoms with E-state index in [1.54, 1.807) is 12.0 Å². The van der Waals surface area contributed by atoms with Gasteiger partial charge in [-0.1, -0.05) is 45.9 Å². The minimum absolute atomic E-state index is 0.00795. The summed E-state index contributed by atoms with van der Waals surface area (Å²) in [6.45, 7) is 10.4. The molecule has 0 radical (unpaired) electrons. The fraction of sp³-hybridized carbons (Fsp3) is 0.588. The summed E-state index contributed by atoms with van der Waals surface area (Å²) in [6, 6.07) is 7.91. The van der Waals surface area contributed by atoms with Crippen LogP contribution in [0.5, 0.6) is 0 Å². The molecule has 0 aliphatic carbocycles. The Morgan fingerprint density at radius 3 is 2.48 bits per heavy atom. The third-order valence-electron chi connectivity index (χ3n) is 3.32. The molecule has 0 saturated heterocycles. The molecule has 0 unspecified atom stereocenters. The number of benzene rings is 1. The first-order valence-electron chi connectivity index (χ1n) is 7.54. The molecule has 1 N–H and O–H groups in total. The second kappa shape index (κ2) is 8.03. The lowest BCUT2D eigenvalue weighted by atomic mass is 9.86. The number of para-hydroxylation sites is 1. The van der Waals surface area contributed by atoms with Crippen LogP contribution in [0, 0.1) is 0 Å². The van der Waals surface area contributed by atoms with E-state index < -0.39 is 0 Å². The second-order valence-corrected chi connectivity index (χ2v) is 6.21. The number of anilines is 1. The number of carbonyl (C=O) groups is 1. The fourth-order valence-corrected chi connectivity index (χ4v) is 2.23. The fourth-order valence-electron chi connectivity index (χ4n) is 2.23. The van der Waals surface area contributed by atoms with Crippen LogP contribution in [-0.2, 0) is 10.2 Å². The number of rotatable bonds is 6. The van der Waals surface area contributed by atoms with Crippen molar-refractivity contribution in [1.82, 2.24) is 4.90 Å². The molecule has 1 rings (SSSR count). The van der Waals surface area contributed by atoms with E-state index in [0.717, 1.165) is 24.2 Å². The normalized spacial score (nSPS) is 11.3. The number of hydrogen-bond acceptors (Lipinski definition) is 2. The van der Waals surface area contributed by atoms with Crippen molar-refractivity contribution in [2.45, 2.75) is 39.5 Å². The highest BCUT2D eigenvalue weighted by molar-refractivity contribution is 5.90. The zero-order valence-electron chi connectivity index (χ0n) is 13.9. The van der Waals surface area contributed by atoms with Gasteiger partial charge < -0.3 is 15.0 Å². The number of carbonyl (C=O) groups excluding carboxylic acids is 1. The van der Waals surface area contributed by atoms with Gasteiger partial charge in [0.15, 0.2) is 0 Å². The highest BCUT2D eigenvalue weighted by Gasteiger charge is 2.20. The predicted molar refractivity (Wildman–Crippen MR) is 87.9 cm³/mol. The van der Waals surface area contributed by atoms with Gasteiger partial charge in [0.05, 0.1) is 6.61 Å². The van der Waals surface area contributed by atoms with Gasteiger partial charge in [-0.05, 0) is 23.5 Å². The van der Waals surface area contributed by atoms with E-state index in [4.69, 9.17) is 4.74 Å². The summed E-state index contributed by atoms with van der Waals surface area (Å²) in [5, 5.41) is 3.04. The Bertz CT molecular complexity index is 452. The van der Waals surface area contributed by atoms with Gasteiger partial charge in [0.1, 0.15) is 0 Å². The first-order chi connectivity index (χ1) is 9.90. The molecule has 0 heterocycles. The van der Waals surface area contributed by atoms with E-state index in [0.29, 0.717) is 13.2 Å². The Hall–Kier alpha value is -1.55. The maximum Gasteiger partial charge on any atom is 0.321 e. The van der Waals surface area contributed by atoms with Gasteiger partial charge in [0.25, 0.3) is 0 Å². The molecule has 0 fully saturated rings. The summed E-state index contributed by atoms with van der Waals surface area (Å²) in [7, 11) is 1.65. The summed E-state index contributed by atoms with van der Waals surface area (Å²) in [5.41, 5.74) is 2.02. The molecular formula is C17H28N2O2. The van der Waals surface area contributed by atoms with Crippen molar-refractivity contribution in [3.63, 3.8) is 0 Å². The van der Waals surface area contributed by atoms with Gasteiger partial charge in [0.2, 0.25) is 0 Å². The van der Waals surface area contributed by atoms with Crippen LogP contribution in [0.3, 0.4) is 0 Å². The molecular weight excluding hydrogens is 264 g/mol. The lowest BCUT2D eigenvalue weighted by Gasteiger charge is -2.26. The van der Waals surface area contributed by atoms with Crippen molar-refractivity contribution in [3.05, 3.63) is 29.8 Å². The van der Waals surface area contributed by atoms with Crippen molar-refractivity contribution in [1.29, 1.82) is 0 Å². The van der Waals surface area contributed by atoms with Crippen LogP contribution in [0.1, 0.15) is 39.7 Å². The number of nitrogens with one attached hydrogen (secondary N) is 1. The Morgan fingerprint density at radius 2 is 1.90 bits per heavy atom. The molecule has 0 aliphatic rings. The van der Waals surface area contributed by atoms with Crippen molar-refractivity contribution in [3.8, 4) is 0 Å². The first-order valence-corrected chi connectivity index (χ1v) is 7.54. The maximum atomic E-state index is 12.4. The first kappa shape index (κ1) is 17.5. The third kappa shape index (κ3) is 5.38. The summed E-state index contributed by atoms with van der Waals surface area (Å²) >= 11 is 0. The molecule has 4 heteroatoms. The van der Waals surface area contributed by atoms with E-state index >= 15 is 0 Å². The molecule has 0 bridgehead atoms. The van der Waals surface area contributed by atoms with Crippen molar-refractivity contribution in [2.75, 3.05) is 32.1 Å². The number of amides is 2. The molecule has 2 amide bonds. The van der Waals surface area contributed by atoms with E-state index in [9.17, 15) is 4.79 Å². The SMILES string of the molecule is CCCN(CCOC)C(=O)Nc1ccccc1C(C)(C)C. The zero-order valence-corrected chi connectivity index (χ0v) is 13.9. The molecule has 0 spiro atoms. The van der Waals surface area contributed by atoms with Crippen LogP contribution < -0.4 is 5.32 Å². The quantitative estimate of drug-likeness (QED) is 0.864. The van der Waals surface area contributed by atoms with Gasteiger partial charge >= 0.3 is 6.03 Å². The minimum Gasteiger partial charge on any atom is -0.383 e. The molecule has 0 atom stereocenters. The summed E-state index contributed by atoms with van der Waals surface area (Å²) in [5.74, 6) is 0. The average molecular weight is 292 g/mol. The van der Waals surface area contributed by atoms with Crippen molar-refractivity contribution < 1.29 is 9.53 Å². The lowest BCUT2D eigenvalue weighted by Crippen LogP contribution is -2.38. The number of methoxy groups -OCH3 is 1. The largest absolute Gasteiger partial charge is 0.383 e. The van der Waals surface area contributed by atoms with Crippen LogP contribution in [0.4, 0.5) is 10.5 Å². The molecule has 0 aliphatic heterocycles. The van der Waals surface area contributed by atoms with Crippen LogP contribution in [0.15, 0.2) is 24.3 Å². The third-order valence-corrected chi connectivity index (χ3v) is 3.32. The molecule has 118 valence electrons. The summed E-state index contributed by atoms with van der Waals surface area (Å²) < 4.78 is 5.08. The van der Waals surface area contributed by atoms with E-state index in [2.05, 4.69) is 39.1 Å². The number of nitrogens with zero attached hydrogens (tertiary/aromatic N) is 1. The number of hydrogen-bond donors (Lipinski definition) is 1. The smallest absolute Gasteiger partial charge is 0.321 e. The zero-order chi connectivity index (χ0) is 15.9. The van der Waals surface area contributed by atoms with Crippen LogP contribution in [0.25, 0.3) is 0 Å². The average Bonchev–Trinajstić information content (AvgIpc) is 2.42. The topological polar surface area (TPSA) is 41.6 Å². The van der Waals surface area contributed by atoms with Crippen LogP contribution in [0.2, 0.25) is 0 Å². The summed E-state index contributed by atoms with van der Waals surface area (Å²) in [6.07, 6.45) is 0.929. The predicted octanol–water partition coefficient (Wildman–Crippen LogP) is 3.87. The van der Waals surface area contributed by atoms with Crippen molar-refractivity contribution >= 4 is 11.7 Å². The van der Waals surface area contributed by atoms with E-state index in [1.807, 2.05) is 18.2 Å². The Labute approximate surface area is 128 Å². The molecule has 0 aromatic heterocycles. The van der Waals surface area contributed by atoms with Gasteiger partial charge in [0, 0.05) is 25.9 Å². The van der Waals surface area contributed by atoms with Gasteiger partial charge in [-0.3, -0.25) is 0 Å². The van der Waals surface area contributed by atoms with E-state index in [1.165, 1.54) is 0 Å². The molecule has 21 heavy (non-hydrogen) atoms. The molecule has 1 aromatic carbocycles. The highest BCUT2D eigenvalue weighted by Crippen LogP contribution is 2.29. The Morgan fingerprint density at radius 1 is 1.24 bits per heavy atom. The van der Waals surface area contributed by atoms with Gasteiger partial charge in [-0.2, -0.15) is 0 Å².